The fourth-order valence-corrected chi connectivity index (χ4v) is 3.83. The van der Waals surface area contributed by atoms with Gasteiger partial charge in [0.1, 0.15) is 29.7 Å². The summed E-state index contributed by atoms with van der Waals surface area (Å²) in [5.41, 5.74) is 11.7. The molecule has 0 saturated carbocycles. The van der Waals surface area contributed by atoms with Gasteiger partial charge in [0.2, 0.25) is 5.88 Å². The van der Waals surface area contributed by atoms with E-state index >= 15 is 0 Å². The van der Waals surface area contributed by atoms with E-state index in [0.717, 1.165) is 27.8 Å². The average molecular weight is 378 g/mol. The average Bonchev–Trinajstić information content (AvgIpc) is 2.61. The van der Waals surface area contributed by atoms with Crippen LogP contribution >= 0.6 is 0 Å². The van der Waals surface area contributed by atoms with Crippen molar-refractivity contribution in [2.45, 2.75) is 40.2 Å². The Kier molecular flexibility index (Phi) is 5.02. The molecule has 0 radical (unpaired) electrons. The number of hydrogen-bond acceptors (Lipinski definition) is 6. The van der Waals surface area contributed by atoms with Gasteiger partial charge in [-0.1, -0.05) is 6.07 Å². The maximum Gasteiger partial charge on any atom is 0.302 e. The molecule has 0 aliphatic carbocycles. The number of aryl methyl sites for hydroxylation is 2. The third-order valence-electron chi connectivity index (χ3n) is 5.10. The Balaban J connectivity index is 2.27. The number of carbonyl (C=O) groups excluding carboxylic acids is 1. The van der Waals surface area contributed by atoms with E-state index in [0.29, 0.717) is 11.3 Å². The Morgan fingerprint density at radius 3 is 2.64 bits per heavy atom. The predicted molar refractivity (Wildman–Crippen MR) is 104 cm³/mol. The van der Waals surface area contributed by atoms with Crippen LogP contribution in [-0.2, 0) is 16.1 Å². The van der Waals surface area contributed by atoms with Crippen LogP contribution in [0.3, 0.4) is 0 Å². The summed E-state index contributed by atoms with van der Waals surface area (Å²) in [6, 6.07) is 8.91. The Labute approximate surface area is 163 Å². The summed E-state index contributed by atoms with van der Waals surface area (Å²) in [7, 11) is 0. The molecular formula is C22H22N2O4. The monoisotopic (exact) mass is 378 g/mol. The van der Waals surface area contributed by atoms with Gasteiger partial charge in [0, 0.05) is 12.5 Å². The molecule has 0 unspecified atom stereocenters. The number of carbonyl (C=O) groups is 1. The van der Waals surface area contributed by atoms with E-state index in [-0.39, 0.29) is 29.8 Å². The minimum absolute atomic E-state index is 0.0478. The van der Waals surface area contributed by atoms with Crippen molar-refractivity contribution in [1.82, 2.24) is 0 Å². The Morgan fingerprint density at radius 1 is 1.29 bits per heavy atom. The highest BCUT2D eigenvalue weighted by Crippen LogP contribution is 2.46. The standard InChI is InChI=1S/C22H22N2O4/c1-11-7-12(2)20(13(3)18(11)10-27-14(4)25)21-16-8-15(26)5-6-19(16)28-22(24)17(21)9-23/h5-8,21,26H,10,24H2,1-4H3/t21-/m0/s1. The first-order valence-corrected chi connectivity index (χ1v) is 8.88. The minimum Gasteiger partial charge on any atom is -0.508 e. The van der Waals surface area contributed by atoms with Gasteiger partial charge in [0.15, 0.2) is 0 Å². The van der Waals surface area contributed by atoms with Crippen LogP contribution in [-0.4, -0.2) is 11.1 Å². The van der Waals surface area contributed by atoms with E-state index in [1.165, 1.54) is 13.0 Å². The maximum absolute atomic E-state index is 11.3. The first-order valence-electron chi connectivity index (χ1n) is 8.88. The zero-order valence-corrected chi connectivity index (χ0v) is 16.3. The highest BCUT2D eigenvalue weighted by atomic mass is 16.5. The van der Waals surface area contributed by atoms with Crippen LogP contribution in [0, 0.1) is 32.1 Å². The number of phenols is 1. The number of aromatic hydroxyl groups is 1. The van der Waals surface area contributed by atoms with Crippen LogP contribution < -0.4 is 10.5 Å². The number of nitrogens with two attached hydrogens (primary N) is 1. The molecule has 3 rings (SSSR count). The lowest BCUT2D eigenvalue weighted by Crippen LogP contribution is -2.22. The van der Waals surface area contributed by atoms with E-state index in [2.05, 4.69) is 6.07 Å². The smallest absolute Gasteiger partial charge is 0.302 e. The summed E-state index contributed by atoms with van der Waals surface area (Å²) in [4.78, 5) is 11.3. The van der Waals surface area contributed by atoms with E-state index < -0.39 is 5.92 Å². The number of rotatable bonds is 3. The zero-order valence-electron chi connectivity index (χ0n) is 16.3. The molecule has 0 amide bonds. The second-order valence-corrected chi connectivity index (χ2v) is 6.95. The van der Waals surface area contributed by atoms with Crippen molar-refractivity contribution in [2.75, 3.05) is 0 Å². The van der Waals surface area contributed by atoms with E-state index in [1.54, 1.807) is 12.1 Å². The van der Waals surface area contributed by atoms with E-state index in [9.17, 15) is 15.2 Å². The Hall–Kier alpha value is -3.46. The molecule has 1 atom stereocenters. The largest absolute Gasteiger partial charge is 0.508 e. The third kappa shape index (κ3) is 3.27. The minimum atomic E-state index is -0.488. The fourth-order valence-electron chi connectivity index (χ4n) is 3.83. The molecule has 1 heterocycles. The number of nitriles is 1. The molecule has 6 heteroatoms. The fraction of sp³-hybridized carbons (Fsp3) is 0.273. The summed E-state index contributed by atoms with van der Waals surface area (Å²) < 4.78 is 10.8. The number of phenolic OH excluding ortho intramolecular Hbond substituents is 1. The van der Waals surface area contributed by atoms with Crippen LogP contribution in [0.2, 0.25) is 0 Å². The Bertz CT molecular complexity index is 1050. The first kappa shape index (κ1) is 19.3. The number of nitrogens with zero attached hydrogens (tertiary/aromatic N) is 1. The van der Waals surface area contributed by atoms with Crippen molar-refractivity contribution in [3.8, 4) is 17.6 Å². The third-order valence-corrected chi connectivity index (χ3v) is 5.10. The molecule has 6 nitrogen and oxygen atoms in total. The molecule has 0 spiro atoms. The number of hydrogen-bond donors (Lipinski definition) is 2. The lowest BCUT2D eigenvalue weighted by atomic mass is 9.77. The highest BCUT2D eigenvalue weighted by Gasteiger charge is 2.33. The SMILES string of the molecule is CC(=O)OCc1c(C)cc(C)c([C@@H]2C(C#N)=C(N)Oc3ccc(O)cc32)c1C. The number of esters is 1. The van der Waals surface area contributed by atoms with Crippen molar-refractivity contribution < 1.29 is 19.4 Å². The second kappa shape index (κ2) is 7.28. The second-order valence-electron chi connectivity index (χ2n) is 6.95. The van der Waals surface area contributed by atoms with Gasteiger partial charge in [-0.2, -0.15) is 5.26 Å². The van der Waals surface area contributed by atoms with Crippen LogP contribution in [0.25, 0.3) is 0 Å². The molecule has 0 fully saturated rings. The summed E-state index contributed by atoms with van der Waals surface area (Å²) >= 11 is 0. The van der Waals surface area contributed by atoms with Gasteiger partial charge in [-0.25, -0.2) is 0 Å². The lowest BCUT2D eigenvalue weighted by Gasteiger charge is -2.30. The first-order chi connectivity index (χ1) is 13.2. The topological polar surface area (TPSA) is 106 Å². The molecule has 0 bridgehead atoms. The molecular weight excluding hydrogens is 356 g/mol. The molecule has 0 saturated heterocycles. The van der Waals surface area contributed by atoms with Gasteiger partial charge < -0.3 is 20.3 Å². The summed E-state index contributed by atoms with van der Waals surface area (Å²) in [5.74, 6) is -0.221. The molecule has 3 N–H and O–H groups in total. The van der Waals surface area contributed by atoms with Crippen molar-refractivity contribution >= 4 is 5.97 Å². The van der Waals surface area contributed by atoms with Gasteiger partial charge in [0.25, 0.3) is 0 Å². The van der Waals surface area contributed by atoms with Crippen molar-refractivity contribution in [2.24, 2.45) is 5.73 Å². The van der Waals surface area contributed by atoms with Gasteiger partial charge in [-0.3, -0.25) is 4.79 Å². The number of ether oxygens (including phenoxy) is 2. The molecule has 2 aromatic rings. The molecule has 144 valence electrons. The van der Waals surface area contributed by atoms with Crippen molar-refractivity contribution in [3.05, 3.63) is 69.1 Å². The normalized spacial score (nSPS) is 15.5. The molecule has 2 aromatic carbocycles. The van der Waals surface area contributed by atoms with Crippen molar-refractivity contribution in [3.63, 3.8) is 0 Å². The van der Waals surface area contributed by atoms with Gasteiger partial charge >= 0.3 is 5.97 Å². The predicted octanol–water partition coefficient (Wildman–Crippen LogP) is 3.60. The van der Waals surface area contributed by atoms with E-state index in [4.69, 9.17) is 15.2 Å². The number of benzene rings is 2. The summed E-state index contributed by atoms with van der Waals surface area (Å²) in [6.07, 6.45) is 0. The number of allylic oxidation sites excluding steroid dienone is 1. The van der Waals surface area contributed by atoms with Gasteiger partial charge in [-0.05, 0) is 66.8 Å². The molecule has 1 aliphatic heterocycles. The molecule has 1 aliphatic rings. The lowest BCUT2D eigenvalue weighted by molar-refractivity contribution is -0.142. The highest BCUT2D eigenvalue weighted by molar-refractivity contribution is 5.66. The van der Waals surface area contributed by atoms with E-state index in [1.807, 2.05) is 26.8 Å². The van der Waals surface area contributed by atoms with Crippen LogP contribution in [0.5, 0.6) is 11.5 Å². The summed E-state index contributed by atoms with van der Waals surface area (Å²) in [5, 5.41) is 19.8. The van der Waals surface area contributed by atoms with Crippen LogP contribution in [0.1, 0.15) is 46.2 Å². The van der Waals surface area contributed by atoms with Crippen LogP contribution in [0.4, 0.5) is 0 Å². The maximum atomic E-state index is 11.3. The molecule has 0 aromatic heterocycles. The zero-order chi connectivity index (χ0) is 20.6. The van der Waals surface area contributed by atoms with Gasteiger partial charge in [0.05, 0.1) is 5.92 Å². The summed E-state index contributed by atoms with van der Waals surface area (Å²) in [6.45, 7) is 7.39. The quantitative estimate of drug-likeness (QED) is 0.791. The number of fused-ring (bicyclic) bond motifs is 1. The van der Waals surface area contributed by atoms with Gasteiger partial charge in [-0.15, -0.1) is 0 Å². The van der Waals surface area contributed by atoms with Crippen molar-refractivity contribution in [1.29, 1.82) is 5.26 Å². The van der Waals surface area contributed by atoms with Crippen LogP contribution in [0.15, 0.2) is 35.7 Å². The molecule has 28 heavy (non-hydrogen) atoms. The Morgan fingerprint density at radius 2 is 2.00 bits per heavy atom.